The predicted octanol–water partition coefficient (Wildman–Crippen LogP) is 2.78. The summed E-state index contributed by atoms with van der Waals surface area (Å²) in [5, 5.41) is 2.83. The molecule has 6 heteroatoms. The molecule has 1 aromatic heterocycles. The summed E-state index contributed by atoms with van der Waals surface area (Å²) < 4.78 is 5.01. The van der Waals surface area contributed by atoms with E-state index in [1.165, 1.54) is 11.1 Å². The van der Waals surface area contributed by atoms with Crippen LogP contribution in [0.5, 0.6) is 0 Å². The van der Waals surface area contributed by atoms with E-state index in [0.29, 0.717) is 24.8 Å². The number of benzene rings is 1. The van der Waals surface area contributed by atoms with Gasteiger partial charge in [0.2, 0.25) is 0 Å². The molecule has 1 aliphatic rings. The molecule has 0 fully saturated rings. The predicted molar refractivity (Wildman–Crippen MR) is 88.6 cm³/mol. The molecule has 0 saturated carbocycles. The number of aromatic nitrogens is 2. The molecule has 2 amide bonds. The maximum absolute atomic E-state index is 12.5. The first-order valence-electron chi connectivity index (χ1n) is 7.72. The number of carbonyl (C=O) groups excluding carboxylic acids is 1. The number of urea groups is 1. The quantitative estimate of drug-likeness (QED) is 0.942. The molecule has 1 N–H and O–H groups in total. The van der Waals surface area contributed by atoms with Gasteiger partial charge in [0.05, 0.1) is 0 Å². The number of hydrogen-bond acceptors (Lipinski definition) is 4. The molecule has 2 aromatic rings. The van der Waals surface area contributed by atoms with Crippen LogP contribution in [0.15, 0.2) is 30.5 Å². The van der Waals surface area contributed by atoms with E-state index in [1.807, 2.05) is 6.07 Å². The van der Waals surface area contributed by atoms with Crippen LogP contribution in [-0.2, 0) is 24.2 Å². The van der Waals surface area contributed by atoms with Crippen LogP contribution in [0.4, 0.5) is 16.3 Å². The lowest BCUT2D eigenvalue weighted by atomic mass is 10.1. The zero-order chi connectivity index (χ0) is 16.2. The second-order valence-corrected chi connectivity index (χ2v) is 5.44. The Morgan fingerprint density at radius 2 is 2.26 bits per heavy atom. The summed E-state index contributed by atoms with van der Waals surface area (Å²) in [6.45, 7) is 3.13. The lowest BCUT2D eigenvalue weighted by molar-refractivity contribution is 0.178. The fourth-order valence-electron chi connectivity index (χ4n) is 2.73. The molecule has 6 nitrogen and oxygen atoms in total. The summed E-state index contributed by atoms with van der Waals surface area (Å²) in [6.07, 6.45) is 3.50. The summed E-state index contributed by atoms with van der Waals surface area (Å²) >= 11 is 0. The van der Waals surface area contributed by atoms with Gasteiger partial charge in [0.25, 0.3) is 0 Å². The third-order valence-corrected chi connectivity index (χ3v) is 3.91. The lowest BCUT2D eigenvalue weighted by Crippen LogP contribution is -2.33. The molecule has 23 heavy (non-hydrogen) atoms. The Hall–Kier alpha value is -2.47. The smallest absolute Gasteiger partial charge is 0.327 e. The van der Waals surface area contributed by atoms with Gasteiger partial charge >= 0.3 is 6.03 Å². The maximum Gasteiger partial charge on any atom is 0.327 e. The summed E-state index contributed by atoms with van der Waals surface area (Å²) in [5.41, 5.74) is 3.50. The molecular formula is C17H20N4O2. The van der Waals surface area contributed by atoms with Gasteiger partial charge < -0.3 is 4.74 Å². The molecule has 2 heterocycles. The van der Waals surface area contributed by atoms with Crippen LogP contribution >= 0.6 is 0 Å². The van der Waals surface area contributed by atoms with Gasteiger partial charge in [0.1, 0.15) is 12.4 Å². The SMILES string of the molecule is CCc1ccc2c(c1)CCN2C(=O)Nc1ccnc(COC)n1. The van der Waals surface area contributed by atoms with E-state index in [-0.39, 0.29) is 6.03 Å². The van der Waals surface area contributed by atoms with E-state index < -0.39 is 0 Å². The van der Waals surface area contributed by atoms with Gasteiger partial charge in [-0.15, -0.1) is 0 Å². The minimum atomic E-state index is -0.171. The number of hydrogen-bond donors (Lipinski definition) is 1. The van der Waals surface area contributed by atoms with Crippen molar-refractivity contribution in [1.82, 2.24) is 9.97 Å². The number of amides is 2. The van der Waals surface area contributed by atoms with Crippen LogP contribution < -0.4 is 10.2 Å². The number of fused-ring (bicyclic) bond motifs is 1. The fraction of sp³-hybridized carbons (Fsp3) is 0.353. The van der Waals surface area contributed by atoms with Crippen molar-refractivity contribution in [3.05, 3.63) is 47.4 Å². The van der Waals surface area contributed by atoms with Crippen LogP contribution in [0.3, 0.4) is 0 Å². The Balaban J connectivity index is 1.74. The highest BCUT2D eigenvalue weighted by Gasteiger charge is 2.25. The second-order valence-electron chi connectivity index (χ2n) is 5.44. The van der Waals surface area contributed by atoms with Crippen molar-refractivity contribution in [3.8, 4) is 0 Å². The molecule has 3 rings (SSSR count). The van der Waals surface area contributed by atoms with E-state index in [0.717, 1.165) is 18.5 Å². The van der Waals surface area contributed by atoms with Crippen molar-refractivity contribution in [3.63, 3.8) is 0 Å². The monoisotopic (exact) mass is 312 g/mol. The maximum atomic E-state index is 12.5. The third kappa shape index (κ3) is 3.32. The van der Waals surface area contributed by atoms with Crippen molar-refractivity contribution in [2.24, 2.45) is 0 Å². The van der Waals surface area contributed by atoms with E-state index in [1.54, 1.807) is 24.3 Å². The van der Waals surface area contributed by atoms with Crippen LogP contribution in [0.2, 0.25) is 0 Å². The van der Waals surface area contributed by atoms with Gasteiger partial charge in [-0.25, -0.2) is 14.8 Å². The van der Waals surface area contributed by atoms with E-state index in [4.69, 9.17) is 4.74 Å². The highest BCUT2D eigenvalue weighted by molar-refractivity contribution is 6.02. The molecule has 0 atom stereocenters. The molecule has 0 spiro atoms. The van der Waals surface area contributed by atoms with Crippen molar-refractivity contribution < 1.29 is 9.53 Å². The van der Waals surface area contributed by atoms with E-state index in [9.17, 15) is 4.79 Å². The summed E-state index contributed by atoms with van der Waals surface area (Å²) in [4.78, 5) is 22.6. The number of methoxy groups -OCH3 is 1. The molecule has 0 aliphatic carbocycles. The van der Waals surface area contributed by atoms with Crippen molar-refractivity contribution >= 4 is 17.5 Å². The zero-order valence-electron chi connectivity index (χ0n) is 13.4. The Morgan fingerprint density at radius 1 is 1.39 bits per heavy atom. The van der Waals surface area contributed by atoms with Gasteiger partial charge in [-0.05, 0) is 36.1 Å². The lowest BCUT2D eigenvalue weighted by Gasteiger charge is -2.18. The Kier molecular flexibility index (Phi) is 4.52. The van der Waals surface area contributed by atoms with Gasteiger partial charge in [-0.1, -0.05) is 19.1 Å². The number of anilines is 2. The molecule has 0 radical (unpaired) electrons. The van der Waals surface area contributed by atoms with Crippen LogP contribution in [0.1, 0.15) is 23.9 Å². The van der Waals surface area contributed by atoms with Gasteiger partial charge in [-0.2, -0.15) is 0 Å². The van der Waals surface area contributed by atoms with Gasteiger partial charge in [0, 0.05) is 25.5 Å². The fourth-order valence-corrected chi connectivity index (χ4v) is 2.73. The van der Waals surface area contributed by atoms with Crippen LogP contribution in [-0.4, -0.2) is 29.7 Å². The number of carbonyl (C=O) groups is 1. The van der Waals surface area contributed by atoms with Crippen molar-refractivity contribution in [1.29, 1.82) is 0 Å². The molecule has 0 unspecified atom stereocenters. The molecule has 1 aliphatic heterocycles. The number of aryl methyl sites for hydroxylation is 1. The Morgan fingerprint density at radius 3 is 3.04 bits per heavy atom. The molecule has 1 aromatic carbocycles. The first-order chi connectivity index (χ1) is 11.2. The highest BCUT2D eigenvalue weighted by atomic mass is 16.5. The first-order valence-corrected chi connectivity index (χ1v) is 7.72. The van der Waals surface area contributed by atoms with Crippen molar-refractivity contribution in [2.45, 2.75) is 26.4 Å². The summed E-state index contributed by atoms with van der Waals surface area (Å²) in [7, 11) is 1.58. The topological polar surface area (TPSA) is 67.4 Å². The average Bonchev–Trinajstić information content (AvgIpc) is 2.98. The van der Waals surface area contributed by atoms with Crippen LogP contribution in [0.25, 0.3) is 0 Å². The first kappa shape index (κ1) is 15.4. The highest BCUT2D eigenvalue weighted by Crippen LogP contribution is 2.29. The summed E-state index contributed by atoms with van der Waals surface area (Å²) in [5.74, 6) is 1.02. The Labute approximate surface area is 135 Å². The normalized spacial score (nSPS) is 13.0. The largest absolute Gasteiger partial charge is 0.377 e. The minimum Gasteiger partial charge on any atom is -0.377 e. The number of ether oxygens (including phenoxy) is 1. The number of nitrogens with one attached hydrogen (secondary N) is 1. The third-order valence-electron chi connectivity index (χ3n) is 3.91. The average molecular weight is 312 g/mol. The summed E-state index contributed by atoms with van der Waals surface area (Å²) in [6, 6.07) is 7.79. The minimum absolute atomic E-state index is 0.171. The van der Waals surface area contributed by atoms with Gasteiger partial charge in [0.15, 0.2) is 5.82 Å². The van der Waals surface area contributed by atoms with Crippen molar-refractivity contribution in [2.75, 3.05) is 23.9 Å². The zero-order valence-corrected chi connectivity index (χ0v) is 13.4. The van der Waals surface area contributed by atoms with Gasteiger partial charge in [-0.3, -0.25) is 10.2 Å². The number of nitrogens with zero attached hydrogens (tertiary/aromatic N) is 3. The second kappa shape index (κ2) is 6.75. The molecule has 0 saturated heterocycles. The van der Waals surface area contributed by atoms with Crippen LogP contribution in [0, 0.1) is 0 Å². The van der Waals surface area contributed by atoms with E-state index in [2.05, 4.69) is 34.3 Å². The molecule has 0 bridgehead atoms. The number of rotatable bonds is 4. The molecule has 120 valence electrons. The standard InChI is InChI=1S/C17H20N4O2/c1-3-12-4-5-14-13(10-12)7-9-21(14)17(22)20-15-6-8-18-16(19-15)11-23-2/h4-6,8,10H,3,7,9,11H2,1-2H3,(H,18,19,20,22). The molecular weight excluding hydrogens is 292 g/mol. The van der Waals surface area contributed by atoms with E-state index >= 15 is 0 Å². The Bertz CT molecular complexity index is 717.